The molecule has 0 fully saturated rings. The SMILES string of the molecule is CC(=O)/C=C(\O)CCCC(=O)O. The molecule has 0 aromatic carbocycles. The number of carboxylic acids is 1. The maximum Gasteiger partial charge on any atom is 0.303 e. The van der Waals surface area contributed by atoms with Gasteiger partial charge in [-0.15, -0.1) is 0 Å². The van der Waals surface area contributed by atoms with E-state index in [2.05, 4.69) is 0 Å². The zero-order chi connectivity index (χ0) is 9.56. The number of aliphatic carboxylic acids is 1. The largest absolute Gasteiger partial charge is 0.512 e. The van der Waals surface area contributed by atoms with Gasteiger partial charge in [-0.2, -0.15) is 0 Å². The number of aliphatic hydroxyl groups is 1. The van der Waals surface area contributed by atoms with Crippen molar-refractivity contribution in [2.24, 2.45) is 0 Å². The van der Waals surface area contributed by atoms with Gasteiger partial charge in [-0.1, -0.05) is 0 Å². The van der Waals surface area contributed by atoms with Crippen LogP contribution in [0.25, 0.3) is 0 Å². The van der Waals surface area contributed by atoms with Gasteiger partial charge in [0, 0.05) is 18.9 Å². The third-order valence-corrected chi connectivity index (χ3v) is 1.19. The molecule has 0 unspecified atom stereocenters. The van der Waals surface area contributed by atoms with Gasteiger partial charge in [0.15, 0.2) is 5.78 Å². The summed E-state index contributed by atoms with van der Waals surface area (Å²) >= 11 is 0. The first-order valence-corrected chi connectivity index (χ1v) is 3.64. The van der Waals surface area contributed by atoms with Crippen molar-refractivity contribution in [1.82, 2.24) is 0 Å². The number of hydrogen-bond donors (Lipinski definition) is 2. The second-order valence-electron chi connectivity index (χ2n) is 2.49. The number of allylic oxidation sites excluding steroid dienone is 2. The van der Waals surface area contributed by atoms with Crippen molar-refractivity contribution in [3.8, 4) is 0 Å². The number of aliphatic hydroxyl groups excluding tert-OH is 1. The van der Waals surface area contributed by atoms with Crippen LogP contribution in [0.15, 0.2) is 11.8 Å². The molecule has 0 amide bonds. The molecule has 12 heavy (non-hydrogen) atoms. The van der Waals surface area contributed by atoms with Gasteiger partial charge >= 0.3 is 5.97 Å². The van der Waals surface area contributed by atoms with Crippen LogP contribution >= 0.6 is 0 Å². The van der Waals surface area contributed by atoms with E-state index in [4.69, 9.17) is 10.2 Å². The summed E-state index contributed by atoms with van der Waals surface area (Å²) in [5.41, 5.74) is 0. The molecule has 0 heterocycles. The molecule has 0 rings (SSSR count). The normalized spacial score (nSPS) is 11.2. The summed E-state index contributed by atoms with van der Waals surface area (Å²) in [5.74, 6) is -1.18. The third-order valence-electron chi connectivity index (χ3n) is 1.19. The molecule has 0 aliphatic carbocycles. The lowest BCUT2D eigenvalue weighted by molar-refractivity contribution is -0.137. The van der Waals surface area contributed by atoms with Crippen LogP contribution in [0.5, 0.6) is 0 Å². The van der Waals surface area contributed by atoms with Gasteiger partial charge < -0.3 is 10.2 Å². The summed E-state index contributed by atoms with van der Waals surface area (Å²) in [6, 6.07) is 0. The van der Waals surface area contributed by atoms with E-state index >= 15 is 0 Å². The monoisotopic (exact) mass is 172 g/mol. The smallest absolute Gasteiger partial charge is 0.303 e. The minimum absolute atomic E-state index is 0.00973. The van der Waals surface area contributed by atoms with Crippen LogP contribution in [-0.4, -0.2) is 22.0 Å². The van der Waals surface area contributed by atoms with Crippen LogP contribution in [0.3, 0.4) is 0 Å². The van der Waals surface area contributed by atoms with E-state index in [1.165, 1.54) is 6.92 Å². The number of carbonyl (C=O) groups excluding carboxylic acids is 1. The molecular formula is C8H12O4. The highest BCUT2D eigenvalue weighted by atomic mass is 16.4. The maximum atomic E-state index is 10.4. The summed E-state index contributed by atoms with van der Waals surface area (Å²) in [4.78, 5) is 20.4. The van der Waals surface area contributed by atoms with Crippen LogP contribution in [-0.2, 0) is 9.59 Å². The van der Waals surface area contributed by atoms with E-state index < -0.39 is 5.97 Å². The highest BCUT2D eigenvalue weighted by molar-refractivity contribution is 5.87. The molecule has 0 saturated heterocycles. The number of carbonyl (C=O) groups is 2. The molecule has 68 valence electrons. The zero-order valence-electron chi connectivity index (χ0n) is 6.91. The number of rotatable bonds is 5. The summed E-state index contributed by atoms with van der Waals surface area (Å²) in [6.45, 7) is 1.33. The average molecular weight is 172 g/mol. The van der Waals surface area contributed by atoms with Crippen LogP contribution < -0.4 is 0 Å². The predicted octanol–water partition coefficient (Wildman–Crippen LogP) is 1.27. The van der Waals surface area contributed by atoms with Crippen molar-refractivity contribution in [2.45, 2.75) is 26.2 Å². The van der Waals surface area contributed by atoms with Crippen LogP contribution in [0.2, 0.25) is 0 Å². The molecule has 0 aliphatic heterocycles. The fraction of sp³-hybridized carbons (Fsp3) is 0.500. The summed E-state index contributed by atoms with van der Waals surface area (Å²) < 4.78 is 0. The van der Waals surface area contributed by atoms with Crippen molar-refractivity contribution >= 4 is 11.8 Å². The van der Waals surface area contributed by atoms with E-state index in [1.807, 2.05) is 0 Å². The molecular weight excluding hydrogens is 160 g/mol. The average Bonchev–Trinajstić information content (AvgIpc) is 1.84. The van der Waals surface area contributed by atoms with Crippen molar-refractivity contribution in [3.63, 3.8) is 0 Å². The Kier molecular flexibility index (Phi) is 4.76. The van der Waals surface area contributed by atoms with Crippen LogP contribution in [0, 0.1) is 0 Å². The van der Waals surface area contributed by atoms with Crippen LogP contribution in [0.4, 0.5) is 0 Å². The molecule has 2 N–H and O–H groups in total. The molecule has 0 aromatic rings. The lowest BCUT2D eigenvalue weighted by Gasteiger charge is -1.96. The Morgan fingerprint density at radius 1 is 1.25 bits per heavy atom. The third kappa shape index (κ3) is 6.80. The second-order valence-corrected chi connectivity index (χ2v) is 2.49. The Morgan fingerprint density at radius 2 is 1.83 bits per heavy atom. The maximum absolute atomic E-state index is 10.4. The van der Waals surface area contributed by atoms with Gasteiger partial charge in [-0.05, 0) is 13.3 Å². The Bertz CT molecular complexity index is 205. The van der Waals surface area contributed by atoms with E-state index in [9.17, 15) is 9.59 Å². The molecule has 4 heteroatoms. The summed E-state index contributed by atoms with van der Waals surface area (Å²) in [5, 5.41) is 17.2. The first-order chi connectivity index (χ1) is 5.52. The standard InChI is InChI=1S/C8H12O4/c1-6(9)5-7(10)3-2-4-8(11)12/h5,10H,2-4H2,1H3,(H,11,12)/b7-5-. The molecule has 4 nitrogen and oxygen atoms in total. The number of carboxylic acid groups (broad SMARTS) is 1. The molecule has 0 radical (unpaired) electrons. The lowest BCUT2D eigenvalue weighted by Crippen LogP contribution is -1.95. The highest BCUT2D eigenvalue weighted by Gasteiger charge is 1.99. The topological polar surface area (TPSA) is 74.6 Å². The van der Waals surface area contributed by atoms with Gasteiger partial charge in [0.25, 0.3) is 0 Å². The minimum atomic E-state index is -0.898. The molecule has 0 bridgehead atoms. The van der Waals surface area contributed by atoms with E-state index in [-0.39, 0.29) is 24.4 Å². The first kappa shape index (κ1) is 10.7. The number of ketones is 1. The highest BCUT2D eigenvalue weighted by Crippen LogP contribution is 2.03. The molecule has 0 aromatic heterocycles. The quantitative estimate of drug-likeness (QED) is 0.483. The Balaban J connectivity index is 3.64. The Hall–Kier alpha value is -1.32. The van der Waals surface area contributed by atoms with Crippen molar-refractivity contribution in [2.75, 3.05) is 0 Å². The fourth-order valence-electron chi connectivity index (χ4n) is 0.728. The van der Waals surface area contributed by atoms with Crippen molar-refractivity contribution < 1.29 is 19.8 Å². The first-order valence-electron chi connectivity index (χ1n) is 3.64. The molecule has 0 aliphatic rings. The van der Waals surface area contributed by atoms with Crippen molar-refractivity contribution in [3.05, 3.63) is 11.8 Å². The number of hydrogen-bond acceptors (Lipinski definition) is 3. The lowest BCUT2D eigenvalue weighted by atomic mass is 10.2. The van der Waals surface area contributed by atoms with E-state index in [0.29, 0.717) is 6.42 Å². The minimum Gasteiger partial charge on any atom is -0.512 e. The van der Waals surface area contributed by atoms with E-state index in [1.54, 1.807) is 0 Å². The molecule has 0 atom stereocenters. The summed E-state index contributed by atoms with van der Waals surface area (Å²) in [6.07, 6.45) is 1.70. The summed E-state index contributed by atoms with van der Waals surface area (Å²) in [7, 11) is 0. The Morgan fingerprint density at radius 3 is 2.25 bits per heavy atom. The second kappa shape index (κ2) is 5.35. The van der Waals surface area contributed by atoms with Crippen LogP contribution in [0.1, 0.15) is 26.2 Å². The van der Waals surface area contributed by atoms with Gasteiger partial charge in [0.2, 0.25) is 0 Å². The van der Waals surface area contributed by atoms with Gasteiger partial charge in [-0.25, -0.2) is 0 Å². The van der Waals surface area contributed by atoms with Gasteiger partial charge in [-0.3, -0.25) is 9.59 Å². The van der Waals surface area contributed by atoms with E-state index in [0.717, 1.165) is 6.08 Å². The Labute approximate surface area is 70.5 Å². The predicted molar refractivity (Wildman–Crippen MR) is 42.9 cm³/mol. The van der Waals surface area contributed by atoms with Gasteiger partial charge in [0.05, 0.1) is 5.76 Å². The van der Waals surface area contributed by atoms with Crippen molar-refractivity contribution in [1.29, 1.82) is 0 Å². The molecule has 0 saturated carbocycles. The molecule has 0 spiro atoms. The van der Waals surface area contributed by atoms with Gasteiger partial charge in [0.1, 0.15) is 0 Å². The zero-order valence-corrected chi connectivity index (χ0v) is 6.91. The fourth-order valence-corrected chi connectivity index (χ4v) is 0.728.